The molecule has 4 aliphatic heterocycles. The number of para-hydroxylation sites is 1. The van der Waals surface area contributed by atoms with Crippen molar-refractivity contribution in [2.24, 2.45) is 7.05 Å². The van der Waals surface area contributed by atoms with Crippen molar-refractivity contribution in [3.63, 3.8) is 0 Å². The van der Waals surface area contributed by atoms with Crippen LogP contribution in [-0.4, -0.2) is 68.2 Å². The van der Waals surface area contributed by atoms with Crippen LogP contribution < -0.4 is 27.0 Å². The highest BCUT2D eigenvalue weighted by Crippen LogP contribution is 2.63. The second-order valence-electron chi connectivity index (χ2n) is 17.9. The number of amides is 5. The van der Waals surface area contributed by atoms with E-state index in [-0.39, 0.29) is 52.8 Å². The molecule has 5 amide bonds. The normalized spacial score (nSPS) is 24.3. The van der Waals surface area contributed by atoms with Gasteiger partial charge in [0, 0.05) is 60.0 Å². The third-order valence-electron chi connectivity index (χ3n) is 14.6. The maximum atomic E-state index is 16.3. The van der Waals surface area contributed by atoms with E-state index in [1.807, 2.05) is 24.3 Å². The topological polar surface area (TPSA) is 164 Å². The number of nitrogens with one attached hydrogen (secondary N) is 4. The zero-order valence-corrected chi connectivity index (χ0v) is 36.5. The fraction of sp³-hybridized carbons (Fsp3) is 0.375. The van der Waals surface area contributed by atoms with Crippen LogP contribution in [0.25, 0.3) is 11.0 Å². The van der Waals surface area contributed by atoms with Gasteiger partial charge in [-0.1, -0.05) is 72.8 Å². The summed E-state index contributed by atoms with van der Waals surface area (Å²) in [4.78, 5) is 83.1. The number of aryl methyl sites for hydroxylation is 1. The molecule has 1 aromatic heterocycles. The van der Waals surface area contributed by atoms with Gasteiger partial charge in [0.25, 0.3) is 5.91 Å². The van der Waals surface area contributed by atoms with E-state index >= 15 is 4.39 Å². The molecule has 2 spiro atoms. The highest BCUT2D eigenvalue weighted by molar-refractivity contribution is 6.31. The largest absolute Gasteiger partial charge is 0.339 e. The smallest absolute Gasteiger partial charge is 0.329 e. The zero-order chi connectivity index (χ0) is 44.7. The summed E-state index contributed by atoms with van der Waals surface area (Å²) < 4.78 is 19.4. The van der Waals surface area contributed by atoms with Crippen LogP contribution in [0.1, 0.15) is 103 Å². The van der Waals surface area contributed by atoms with Crippen LogP contribution in [0.3, 0.4) is 0 Å². The van der Waals surface area contributed by atoms with Crippen molar-refractivity contribution in [2.75, 3.05) is 23.7 Å². The summed E-state index contributed by atoms with van der Waals surface area (Å²) in [5.41, 5.74) is 1.99. The Labute approximate surface area is 377 Å². The number of hydrogen-bond acceptors (Lipinski definition) is 7. The van der Waals surface area contributed by atoms with Gasteiger partial charge in [-0.05, 0) is 103 Å². The number of halogens is 3. The molecule has 5 heterocycles. The van der Waals surface area contributed by atoms with E-state index < -0.39 is 46.6 Å². The van der Waals surface area contributed by atoms with Crippen LogP contribution in [0.5, 0.6) is 0 Å². The summed E-state index contributed by atoms with van der Waals surface area (Å²) >= 11 is 12.8. The van der Waals surface area contributed by atoms with E-state index in [1.54, 1.807) is 65.0 Å². The van der Waals surface area contributed by atoms with Gasteiger partial charge in [-0.15, -0.1) is 0 Å². The number of anilines is 2. The lowest BCUT2D eigenvalue weighted by Gasteiger charge is -2.47. The fourth-order valence-corrected chi connectivity index (χ4v) is 12.1. The first-order chi connectivity index (χ1) is 30.8. The number of imidazole rings is 1. The van der Waals surface area contributed by atoms with Crippen LogP contribution >= 0.6 is 23.2 Å². The molecule has 330 valence electrons. The minimum atomic E-state index is -1.37. The van der Waals surface area contributed by atoms with Crippen LogP contribution in [0.2, 0.25) is 10.0 Å². The number of carbonyl (C=O) groups is 5. The Balaban J connectivity index is 0.879. The third-order valence-corrected chi connectivity index (χ3v) is 15.1. The average Bonchev–Trinajstić information content (AvgIpc) is 3.85. The third kappa shape index (κ3) is 6.50. The summed E-state index contributed by atoms with van der Waals surface area (Å²) in [7, 11) is 1.69. The molecule has 1 unspecified atom stereocenters. The first-order valence-corrected chi connectivity index (χ1v) is 22.7. The number of carbonyl (C=O) groups excluding carboxylic acids is 5. The lowest BCUT2D eigenvalue weighted by atomic mass is 9.55. The summed E-state index contributed by atoms with van der Waals surface area (Å²) in [5, 5.41) is 12.4. The Morgan fingerprint density at radius 2 is 1.56 bits per heavy atom. The predicted molar refractivity (Wildman–Crippen MR) is 240 cm³/mol. The van der Waals surface area contributed by atoms with Gasteiger partial charge in [-0.3, -0.25) is 43.7 Å². The molecule has 1 aliphatic carbocycles. The quantitative estimate of drug-likeness (QED) is 0.133. The van der Waals surface area contributed by atoms with Gasteiger partial charge >= 0.3 is 5.69 Å². The number of likely N-dealkylation sites (tertiary alicyclic amines) is 1. The van der Waals surface area contributed by atoms with Crippen molar-refractivity contribution in [3.05, 3.63) is 127 Å². The number of hydrogen-bond donors (Lipinski definition) is 4. The molecule has 0 radical (unpaired) electrons. The fourth-order valence-electron chi connectivity index (χ4n) is 11.7. The molecular weight excluding hydrogens is 860 g/mol. The van der Waals surface area contributed by atoms with Gasteiger partial charge in [0.2, 0.25) is 23.6 Å². The van der Waals surface area contributed by atoms with Crippen molar-refractivity contribution in [2.45, 2.75) is 92.7 Å². The van der Waals surface area contributed by atoms with Gasteiger partial charge in [0.1, 0.15) is 17.3 Å². The maximum absolute atomic E-state index is 16.3. The van der Waals surface area contributed by atoms with Gasteiger partial charge in [-0.25, -0.2) is 9.18 Å². The molecule has 5 aromatic rings. The van der Waals surface area contributed by atoms with E-state index in [2.05, 4.69) is 21.3 Å². The summed E-state index contributed by atoms with van der Waals surface area (Å²) in [6, 6.07) is 20.5. The molecule has 4 aromatic carbocycles. The molecule has 64 heavy (non-hydrogen) atoms. The van der Waals surface area contributed by atoms with E-state index in [0.29, 0.717) is 71.8 Å². The molecule has 4 N–H and O–H groups in total. The summed E-state index contributed by atoms with van der Waals surface area (Å²) in [6.07, 6.45) is 5.48. The number of rotatable bonds is 6. The van der Waals surface area contributed by atoms with Crippen LogP contribution in [0.4, 0.5) is 15.8 Å². The lowest BCUT2D eigenvalue weighted by Crippen LogP contribution is -2.60. The molecule has 4 fully saturated rings. The van der Waals surface area contributed by atoms with E-state index in [0.717, 1.165) is 30.3 Å². The second-order valence-corrected chi connectivity index (χ2v) is 18.7. The molecule has 5 aliphatic rings. The maximum Gasteiger partial charge on any atom is 0.329 e. The number of benzene rings is 4. The van der Waals surface area contributed by atoms with Crippen molar-refractivity contribution < 1.29 is 28.4 Å². The Kier molecular flexibility index (Phi) is 10.5. The average molecular weight is 907 g/mol. The predicted octanol–water partition coefficient (Wildman–Crippen LogP) is 7.07. The van der Waals surface area contributed by atoms with Crippen LogP contribution in [-0.2, 0) is 31.6 Å². The molecule has 1 saturated carbocycles. The van der Waals surface area contributed by atoms with Gasteiger partial charge < -0.3 is 15.5 Å². The van der Waals surface area contributed by atoms with Crippen molar-refractivity contribution in [1.82, 2.24) is 24.7 Å². The van der Waals surface area contributed by atoms with Crippen LogP contribution in [0.15, 0.2) is 83.7 Å². The molecule has 4 atom stereocenters. The number of piperidine rings is 2. The standard InChI is InChI=1S/C48H46Cl2FN7O6/c1-56-41-30(7-6-10-35(41)58(46(56)64)36-17-18-37(59)54-42(36)60)26-19-23-57(24-20-26)44(62)27-11-14-29(15-12-27)52-43(61)40-38(31-8-5-9-33(50)39(31)51)48(47(55-40)21-3-2-4-22-47)32-16-13-28(49)25-34(32)53-45(48)63/h5-16,25-26,36,38,40,55H,2-4,17-24H2,1H3,(H,52,61)(H,53,63)(H,54,59,60)/t36?,38-,40+,48+/m0/s1. The highest BCUT2D eigenvalue weighted by atomic mass is 35.5. The minimum Gasteiger partial charge on any atom is -0.339 e. The molecule has 0 bridgehead atoms. The monoisotopic (exact) mass is 905 g/mol. The van der Waals surface area contributed by atoms with Crippen LogP contribution in [0, 0.1) is 5.82 Å². The first kappa shape index (κ1) is 42.1. The highest BCUT2D eigenvalue weighted by Gasteiger charge is 2.72. The number of fused-ring (bicyclic) bond motifs is 4. The van der Waals surface area contributed by atoms with Gasteiger partial charge in [-0.2, -0.15) is 0 Å². The lowest BCUT2D eigenvalue weighted by molar-refractivity contribution is -0.135. The molecule has 13 nitrogen and oxygen atoms in total. The van der Waals surface area contributed by atoms with E-state index in [4.69, 9.17) is 23.2 Å². The Morgan fingerprint density at radius 3 is 2.30 bits per heavy atom. The zero-order valence-electron chi connectivity index (χ0n) is 35.0. The van der Waals surface area contributed by atoms with Crippen molar-refractivity contribution >= 4 is 75.1 Å². The molecule has 3 saturated heterocycles. The Bertz CT molecular complexity index is 2850. The molecule has 10 rings (SSSR count). The summed E-state index contributed by atoms with van der Waals surface area (Å²) in [6.45, 7) is 0.947. The van der Waals surface area contributed by atoms with Gasteiger partial charge in [0.15, 0.2) is 0 Å². The number of nitrogens with zero attached hydrogens (tertiary/aromatic N) is 3. The molecular formula is C48H46Cl2FN7O6. The minimum absolute atomic E-state index is 0.0513. The Hall–Kier alpha value is -5.83. The van der Waals surface area contributed by atoms with Crippen molar-refractivity contribution in [1.29, 1.82) is 0 Å². The van der Waals surface area contributed by atoms with Gasteiger partial charge in [0.05, 0.1) is 22.1 Å². The summed E-state index contributed by atoms with van der Waals surface area (Å²) in [5.74, 6) is -3.39. The second kappa shape index (κ2) is 16.0. The first-order valence-electron chi connectivity index (χ1n) is 21.9. The van der Waals surface area contributed by atoms with E-state index in [1.165, 1.54) is 10.6 Å². The molecule has 16 heteroatoms. The number of imide groups is 1. The number of aromatic nitrogens is 2. The van der Waals surface area contributed by atoms with Crippen molar-refractivity contribution in [3.8, 4) is 0 Å². The Morgan fingerprint density at radius 1 is 0.844 bits per heavy atom. The SMILES string of the molecule is Cn1c(=O)n(C2CCC(=O)NC2=O)c2cccc(C3CCN(C(=O)c4ccc(NC(=O)[C@@H]5NC6(CCCCC6)[C@@]6(C(=O)Nc7cc(Cl)ccc76)[C@H]5c5cccc(Cl)c5F)cc4)CC3)c21. The van der Waals surface area contributed by atoms with E-state index in [9.17, 15) is 28.8 Å².